The number of urea groups is 1. The summed E-state index contributed by atoms with van der Waals surface area (Å²) < 4.78 is 67.2. The monoisotopic (exact) mass is 492 g/mol. The predicted molar refractivity (Wildman–Crippen MR) is 101 cm³/mol. The molecule has 0 aliphatic carbocycles. The van der Waals surface area contributed by atoms with Crippen LogP contribution >= 0.6 is 46.6 Å². The minimum atomic E-state index is -4.15. The smallest absolute Gasteiger partial charge is 0.302 e. The molecule has 13 heteroatoms. The van der Waals surface area contributed by atoms with Gasteiger partial charge in [0.05, 0.1) is 15.6 Å². The van der Waals surface area contributed by atoms with Crippen LogP contribution in [0, 0.1) is 11.6 Å². The summed E-state index contributed by atoms with van der Waals surface area (Å²) in [6, 6.07) is 3.62. The fourth-order valence-electron chi connectivity index (χ4n) is 1.96. The van der Waals surface area contributed by atoms with Crippen molar-refractivity contribution in [1.29, 1.82) is 0 Å². The number of nitrogens with one attached hydrogen (secondary N) is 2. The lowest BCUT2D eigenvalue weighted by molar-refractivity contribution is 0.0537. The molecule has 0 spiro atoms. The van der Waals surface area contributed by atoms with Gasteiger partial charge in [-0.25, -0.2) is 18.0 Å². The van der Waals surface area contributed by atoms with Gasteiger partial charge >= 0.3 is 11.3 Å². The van der Waals surface area contributed by atoms with E-state index in [1.807, 2.05) is 0 Å². The number of imide groups is 1. The number of rotatable bonds is 5. The van der Waals surface area contributed by atoms with Crippen LogP contribution < -0.4 is 10.6 Å². The van der Waals surface area contributed by atoms with Crippen molar-refractivity contribution in [3.8, 4) is 0 Å². The second-order valence-corrected chi connectivity index (χ2v) is 7.65. The zero-order chi connectivity index (χ0) is 21.9. The normalized spacial score (nSPS) is 12.4. The van der Waals surface area contributed by atoms with Gasteiger partial charge in [0.1, 0.15) is 5.69 Å². The van der Waals surface area contributed by atoms with E-state index in [1.54, 1.807) is 10.6 Å². The van der Waals surface area contributed by atoms with Crippen LogP contribution in [0.15, 0.2) is 35.2 Å². The van der Waals surface area contributed by atoms with Crippen molar-refractivity contribution in [2.75, 3.05) is 5.32 Å². The van der Waals surface area contributed by atoms with Crippen molar-refractivity contribution < 1.29 is 31.5 Å². The number of benzene rings is 2. The predicted octanol–water partition coefficient (Wildman–Crippen LogP) is 6.45. The van der Waals surface area contributed by atoms with Crippen LogP contribution in [0.3, 0.4) is 0 Å². The van der Waals surface area contributed by atoms with Crippen molar-refractivity contribution in [2.24, 2.45) is 0 Å². The maximum absolute atomic E-state index is 14.0. The highest BCUT2D eigenvalue weighted by atomic mass is 35.5. The second-order valence-electron chi connectivity index (χ2n) is 5.23. The number of amides is 3. The van der Waals surface area contributed by atoms with E-state index in [9.17, 15) is 31.5 Å². The first-order valence-corrected chi connectivity index (χ1v) is 9.33. The van der Waals surface area contributed by atoms with Crippen molar-refractivity contribution in [1.82, 2.24) is 5.32 Å². The van der Waals surface area contributed by atoms with Gasteiger partial charge in [0.25, 0.3) is 5.91 Å². The Labute approximate surface area is 179 Å². The largest absolute Gasteiger partial charge is 0.342 e. The quantitative estimate of drug-likeness (QED) is 0.286. The highest BCUT2D eigenvalue weighted by molar-refractivity contribution is 8.00. The Morgan fingerprint density at radius 3 is 2.07 bits per heavy atom. The van der Waals surface area contributed by atoms with E-state index in [4.69, 9.17) is 23.2 Å². The molecule has 0 aromatic heterocycles. The molecule has 1 atom stereocenters. The number of hydrogen-bond acceptors (Lipinski definition) is 3. The molecule has 29 heavy (non-hydrogen) atoms. The molecule has 156 valence electrons. The van der Waals surface area contributed by atoms with Crippen molar-refractivity contribution >= 4 is 64.2 Å². The Morgan fingerprint density at radius 1 is 1.07 bits per heavy atom. The second kappa shape index (κ2) is 9.38. The Kier molecular flexibility index (Phi) is 7.61. The third kappa shape index (κ3) is 5.88. The Bertz CT molecular complexity index is 919. The minimum Gasteiger partial charge on any atom is -0.302 e. The molecule has 0 aliphatic rings. The summed E-state index contributed by atoms with van der Waals surface area (Å²) in [5.41, 5.74) is -4.37. The fourth-order valence-corrected chi connectivity index (χ4v) is 3.39. The van der Waals surface area contributed by atoms with Gasteiger partial charge in [-0.15, -0.1) is 0 Å². The van der Waals surface area contributed by atoms with Crippen molar-refractivity contribution in [3.05, 3.63) is 57.6 Å². The van der Waals surface area contributed by atoms with Gasteiger partial charge in [-0.1, -0.05) is 40.9 Å². The summed E-state index contributed by atoms with van der Waals surface area (Å²) in [4.78, 5) is 23.3. The highest BCUT2D eigenvalue weighted by Crippen LogP contribution is 2.42. The van der Waals surface area contributed by atoms with Gasteiger partial charge in [-0.3, -0.25) is 10.1 Å². The topological polar surface area (TPSA) is 58.2 Å². The number of halogens is 8. The number of carbonyl (C=O) groups is 2. The van der Waals surface area contributed by atoms with Gasteiger partial charge in [-0.2, -0.15) is 8.78 Å². The highest BCUT2D eigenvalue weighted by Gasteiger charge is 2.40. The molecule has 0 radical (unpaired) electrons. The molecule has 0 aliphatic heterocycles. The molecular weight excluding hydrogens is 486 g/mol. The average Bonchev–Trinajstić information content (AvgIpc) is 2.57. The lowest BCUT2D eigenvalue weighted by Crippen LogP contribution is -2.35. The maximum Gasteiger partial charge on any atom is 0.342 e. The number of thioether (sulfide) groups is 1. The van der Waals surface area contributed by atoms with E-state index < -0.39 is 56.8 Å². The number of hydrogen-bond donors (Lipinski definition) is 2. The van der Waals surface area contributed by atoms with Crippen molar-refractivity contribution in [3.63, 3.8) is 0 Å². The lowest BCUT2D eigenvalue weighted by atomic mass is 10.2. The van der Waals surface area contributed by atoms with Crippen molar-refractivity contribution in [2.45, 2.75) is 15.8 Å². The van der Waals surface area contributed by atoms with E-state index in [0.717, 1.165) is 0 Å². The Morgan fingerprint density at radius 2 is 1.59 bits per heavy atom. The first kappa shape index (κ1) is 23.5. The molecule has 0 saturated heterocycles. The molecule has 0 saturated carbocycles. The molecule has 2 rings (SSSR count). The van der Waals surface area contributed by atoms with E-state index in [-0.39, 0.29) is 15.6 Å². The average molecular weight is 494 g/mol. The molecule has 3 amide bonds. The molecule has 0 bridgehead atoms. The fraction of sp³-hybridized carbons (Fsp3) is 0.125. The lowest BCUT2D eigenvalue weighted by Gasteiger charge is -2.16. The molecule has 2 aromatic rings. The Hall–Kier alpha value is -1.75. The van der Waals surface area contributed by atoms with Crippen LogP contribution in [0.5, 0.6) is 0 Å². The SMILES string of the molecule is O=C(NC(=O)c1c(Cl)cccc1Cl)Nc1c(F)cc(SC(F)(F)C(F)Cl)cc1F. The van der Waals surface area contributed by atoms with Crippen LogP contribution in [0.1, 0.15) is 10.4 Å². The molecular formula is C16H8Cl3F5N2O2S. The zero-order valence-corrected chi connectivity index (χ0v) is 16.8. The summed E-state index contributed by atoms with van der Waals surface area (Å²) in [5.74, 6) is -3.96. The van der Waals surface area contributed by atoms with Gasteiger partial charge in [0.2, 0.25) is 5.63 Å². The molecule has 0 heterocycles. The van der Waals surface area contributed by atoms with E-state index in [2.05, 4.69) is 11.6 Å². The number of carbonyl (C=O) groups excluding carboxylic acids is 2. The summed E-state index contributed by atoms with van der Waals surface area (Å²) >= 11 is 15.8. The standard InChI is InChI=1S/C16H8Cl3F5N2O2S/c17-7-2-1-3-8(18)11(7)13(27)26-15(28)25-12-9(20)4-6(5-10(12)21)29-16(23,24)14(19)22/h1-5,14H,(H2,25,26,27,28). The van der Waals surface area contributed by atoms with E-state index >= 15 is 0 Å². The molecule has 2 aromatic carbocycles. The minimum absolute atomic E-state index is 0.0760. The van der Waals surface area contributed by atoms with Crippen LogP contribution in [0.4, 0.5) is 32.4 Å². The van der Waals surface area contributed by atoms with Gasteiger partial charge < -0.3 is 5.32 Å². The summed E-state index contributed by atoms with van der Waals surface area (Å²) in [7, 11) is 0. The van der Waals surface area contributed by atoms with E-state index in [0.29, 0.717) is 12.1 Å². The zero-order valence-electron chi connectivity index (χ0n) is 13.7. The van der Waals surface area contributed by atoms with Crippen LogP contribution in [0.25, 0.3) is 0 Å². The third-order valence-corrected chi connectivity index (χ3v) is 5.16. The number of alkyl halides is 4. The maximum atomic E-state index is 14.0. The van der Waals surface area contributed by atoms with Gasteiger partial charge in [-0.05, 0) is 36.0 Å². The van der Waals surface area contributed by atoms with Crippen LogP contribution in [-0.2, 0) is 0 Å². The van der Waals surface area contributed by atoms with E-state index in [1.165, 1.54) is 18.2 Å². The molecule has 0 fully saturated rings. The van der Waals surface area contributed by atoms with Crippen LogP contribution in [0.2, 0.25) is 10.0 Å². The summed E-state index contributed by atoms with van der Waals surface area (Å²) in [5, 5.41) is -0.805. The summed E-state index contributed by atoms with van der Waals surface area (Å²) in [6.07, 6.45) is 0. The molecule has 1 unspecified atom stereocenters. The first-order chi connectivity index (χ1) is 13.4. The molecule has 4 nitrogen and oxygen atoms in total. The van der Waals surface area contributed by atoms with Crippen LogP contribution in [-0.4, -0.2) is 22.8 Å². The first-order valence-electron chi connectivity index (χ1n) is 7.32. The number of anilines is 1. The Balaban J connectivity index is 2.15. The molecule has 2 N–H and O–H groups in total. The van der Waals surface area contributed by atoms with Gasteiger partial charge in [0.15, 0.2) is 11.6 Å². The third-order valence-electron chi connectivity index (χ3n) is 3.18. The van der Waals surface area contributed by atoms with Gasteiger partial charge in [0, 0.05) is 4.90 Å². The summed E-state index contributed by atoms with van der Waals surface area (Å²) in [6.45, 7) is 0.